The molecule has 116 valence electrons. The molecule has 0 bridgehead atoms. The Balaban J connectivity index is 1.44. The third-order valence-electron chi connectivity index (χ3n) is 4.15. The summed E-state index contributed by atoms with van der Waals surface area (Å²) >= 11 is 0. The topological polar surface area (TPSA) is 15.3 Å². The van der Waals surface area contributed by atoms with Crippen LogP contribution in [-0.4, -0.2) is 24.5 Å². The minimum atomic E-state index is -0.534. The zero-order valence-corrected chi connectivity index (χ0v) is 12.5. The van der Waals surface area contributed by atoms with Crippen molar-refractivity contribution in [2.45, 2.75) is 19.5 Å². The molecule has 22 heavy (non-hydrogen) atoms. The zero-order valence-electron chi connectivity index (χ0n) is 12.5. The Hall–Kier alpha value is -1.78. The first-order valence-electron chi connectivity index (χ1n) is 7.66. The fraction of sp³-hybridized carbons (Fsp3) is 0.333. The molecule has 1 N–H and O–H groups in total. The van der Waals surface area contributed by atoms with E-state index in [0.717, 1.165) is 38.7 Å². The molecule has 0 aromatic heterocycles. The van der Waals surface area contributed by atoms with Gasteiger partial charge in [-0.2, -0.15) is 0 Å². The largest absolute Gasteiger partial charge is 0.311 e. The summed E-state index contributed by atoms with van der Waals surface area (Å²) < 4.78 is 26.3. The van der Waals surface area contributed by atoms with Crippen LogP contribution in [0.3, 0.4) is 0 Å². The molecule has 4 heteroatoms. The highest BCUT2D eigenvalue weighted by Gasteiger charge is 2.14. The van der Waals surface area contributed by atoms with Crippen molar-refractivity contribution in [1.29, 1.82) is 0 Å². The molecule has 0 fully saturated rings. The van der Waals surface area contributed by atoms with Crippen LogP contribution < -0.4 is 5.32 Å². The summed E-state index contributed by atoms with van der Waals surface area (Å²) in [7, 11) is 0. The molecule has 3 rings (SSSR count). The summed E-state index contributed by atoms with van der Waals surface area (Å²) in [5.41, 5.74) is 3.35. The molecule has 0 aliphatic carbocycles. The first-order valence-corrected chi connectivity index (χ1v) is 7.66. The standard InChI is InChI=1S/C18H20F2N2/c19-17-6-5-15(18(20)11-17)12-21-8-10-22-9-7-14-3-1-2-4-16(14)13-22/h1-6,11,21H,7-10,12-13H2. The zero-order chi connectivity index (χ0) is 15.4. The number of rotatable bonds is 5. The number of benzene rings is 2. The minimum absolute atomic E-state index is 0.427. The van der Waals surface area contributed by atoms with Crippen molar-refractivity contribution in [1.82, 2.24) is 10.2 Å². The summed E-state index contributed by atoms with van der Waals surface area (Å²) in [6.07, 6.45) is 1.09. The maximum absolute atomic E-state index is 13.5. The molecule has 2 aromatic carbocycles. The molecule has 1 aliphatic heterocycles. The molecule has 0 saturated carbocycles. The van der Waals surface area contributed by atoms with Crippen LogP contribution >= 0.6 is 0 Å². The molecule has 2 nitrogen and oxygen atoms in total. The van der Waals surface area contributed by atoms with E-state index in [9.17, 15) is 8.78 Å². The van der Waals surface area contributed by atoms with E-state index in [1.165, 1.54) is 23.3 Å². The van der Waals surface area contributed by atoms with E-state index in [-0.39, 0.29) is 0 Å². The Morgan fingerprint density at radius 2 is 1.86 bits per heavy atom. The van der Waals surface area contributed by atoms with Gasteiger partial charge in [0.2, 0.25) is 0 Å². The van der Waals surface area contributed by atoms with E-state index in [0.29, 0.717) is 12.1 Å². The van der Waals surface area contributed by atoms with Crippen LogP contribution in [0, 0.1) is 11.6 Å². The monoisotopic (exact) mass is 302 g/mol. The van der Waals surface area contributed by atoms with Crippen molar-refractivity contribution < 1.29 is 8.78 Å². The molecule has 0 radical (unpaired) electrons. The van der Waals surface area contributed by atoms with Gasteiger partial charge in [-0.25, -0.2) is 8.78 Å². The van der Waals surface area contributed by atoms with Gasteiger partial charge in [-0.1, -0.05) is 30.3 Å². The Morgan fingerprint density at radius 1 is 1.05 bits per heavy atom. The van der Waals surface area contributed by atoms with E-state index in [2.05, 4.69) is 34.5 Å². The second kappa shape index (κ2) is 6.99. The van der Waals surface area contributed by atoms with Gasteiger partial charge in [-0.15, -0.1) is 0 Å². The van der Waals surface area contributed by atoms with Crippen molar-refractivity contribution in [2.75, 3.05) is 19.6 Å². The van der Waals surface area contributed by atoms with Crippen LogP contribution in [0.2, 0.25) is 0 Å². The lowest BCUT2D eigenvalue weighted by atomic mass is 10.00. The normalized spacial score (nSPS) is 14.8. The fourth-order valence-electron chi connectivity index (χ4n) is 2.87. The van der Waals surface area contributed by atoms with Crippen molar-refractivity contribution in [2.24, 2.45) is 0 Å². The van der Waals surface area contributed by atoms with Crippen LogP contribution in [0.15, 0.2) is 42.5 Å². The van der Waals surface area contributed by atoms with E-state index in [1.807, 2.05) is 0 Å². The number of halogens is 2. The van der Waals surface area contributed by atoms with E-state index >= 15 is 0 Å². The molecule has 0 atom stereocenters. The summed E-state index contributed by atoms with van der Waals surface area (Å²) in [4.78, 5) is 2.40. The SMILES string of the molecule is Fc1ccc(CNCCN2CCc3ccccc3C2)c(F)c1. The Morgan fingerprint density at radius 3 is 2.68 bits per heavy atom. The number of hydrogen-bond acceptors (Lipinski definition) is 2. The van der Waals surface area contributed by atoms with Crippen LogP contribution in [0.1, 0.15) is 16.7 Å². The van der Waals surface area contributed by atoms with Gasteiger partial charge in [0.15, 0.2) is 0 Å². The molecule has 1 heterocycles. The third-order valence-corrected chi connectivity index (χ3v) is 4.15. The Labute approximate surface area is 129 Å². The molecule has 1 aliphatic rings. The quantitative estimate of drug-likeness (QED) is 0.854. The van der Waals surface area contributed by atoms with Crippen molar-refractivity contribution in [3.8, 4) is 0 Å². The highest BCUT2D eigenvalue weighted by Crippen LogP contribution is 2.17. The average Bonchev–Trinajstić information content (AvgIpc) is 2.53. The van der Waals surface area contributed by atoms with Crippen molar-refractivity contribution >= 4 is 0 Å². The number of nitrogens with zero attached hydrogens (tertiary/aromatic N) is 1. The second-order valence-electron chi connectivity index (χ2n) is 5.71. The lowest BCUT2D eigenvalue weighted by molar-refractivity contribution is 0.253. The molecular weight excluding hydrogens is 282 g/mol. The van der Waals surface area contributed by atoms with Gasteiger partial charge >= 0.3 is 0 Å². The Kier molecular flexibility index (Phi) is 4.80. The summed E-state index contributed by atoms with van der Waals surface area (Å²) in [5.74, 6) is -1.02. The highest BCUT2D eigenvalue weighted by atomic mass is 19.1. The minimum Gasteiger partial charge on any atom is -0.311 e. The van der Waals surface area contributed by atoms with E-state index in [4.69, 9.17) is 0 Å². The first-order chi connectivity index (χ1) is 10.7. The van der Waals surface area contributed by atoms with Gasteiger partial charge in [0, 0.05) is 44.4 Å². The predicted molar refractivity (Wildman–Crippen MR) is 83.5 cm³/mol. The molecule has 0 saturated heterocycles. The lowest BCUT2D eigenvalue weighted by Gasteiger charge is -2.28. The van der Waals surface area contributed by atoms with Crippen LogP contribution in [0.4, 0.5) is 8.78 Å². The van der Waals surface area contributed by atoms with Crippen LogP contribution in [-0.2, 0) is 19.5 Å². The number of hydrogen-bond donors (Lipinski definition) is 1. The van der Waals surface area contributed by atoms with Crippen LogP contribution in [0.5, 0.6) is 0 Å². The summed E-state index contributed by atoms with van der Waals surface area (Å²) in [5, 5.41) is 3.23. The second-order valence-corrected chi connectivity index (χ2v) is 5.71. The highest BCUT2D eigenvalue weighted by molar-refractivity contribution is 5.29. The number of nitrogens with one attached hydrogen (secondary N) is 1. The molecule has 2 aromatic rings. The predicted octanol–water partition coefficient (Wildman–Crippen LogP) is 3.11. The number of fused-ring (bicyclic) bond motifs is 1. The molecule has 0 unspecified atom stereocenters. The summed E-state index contributed by atoms with van der Waals surface area (Å²) in [6.45, 7) is 4.18. The smallest absolute Gasteiger partial charge is 0.130 e. The maximum Gasteiger partial charge on any atom is 0.130 e. The van der Waals surface area contributed by atoms with Gasteiger partial charge in [-0.05, 0) is 23.6 Å². The van der Waals surface area contributed by atoms with Gasteiger partial charge in [0.1, 0.15) is 11.6 Å². The summed E-state index contributed by atoms with van der Waals surface area (Å²) in [6, 6.07) is 12.3. The van der Waals surface area contributed by atoms with Crippen LogP contribution in [0.25, 0.3) is 0 Å². The van der Waals surface area contributed by atoms with Crippen molar-refractivity contribution in [3.05, 3.63) is 70.8 Å². The van der Waals surface area contributed by atoms with Gasteiger partial charge in [0.25, 0.3) is 0 Å². The maximum atomic E-state index is 13.5. The fourth-order valence-corrected chi connectivity index (χ4v) is 2.87. The lowest BCUT2D eigenvalue weighted by Crippen LogP contribution is -2.36. The van der Waals surface area contributed by atoms with Crippen molar-refractivity contribution in [3.63, 3.8) is 0 Å². The Bertz CT molecular complexity index is 643. The molecule has 0 spiro atoms. The average molecular weight is 302 g/mol. The first kappa shape index (κ1) is 15.1. The third kappa shape index (κ3) is 3.70. The van der Waals surface area contributed by atoms with E-state index < -0.39 is 11.6 Å². The van der Waals surface area contributed by atoms with Gasteiger partial charge < -0.3 is 5.32 Å². The molecule has 0 amide bonds. The van der Waals surface area contributed by atoms with E-state index in [1.54, 1.807) is 0 Å². The van der Waals surface area contributed by atoms with Gasteiger partial charge in [-0.3, -0.25) is 4.90 Å². The van der Waals surface area contributed by atoms with Gasteiger partial charge in [0.05, 0.1) is 0 Å². The molecular formula is C18H20F2N2.